The van der Waals surface area contributed by atoms with Crippen LogP contribution in [0.3, 0.4) is 0 Å². The minimum atomic E-state index is 0.573. The highest BCUT2D eigenvalue weighted by molar-refractivity contribution is 5.54. The fourth-order valence-electron chi connectivity index (χ4n) is 3.05. The van der Waals surface area contributed by atoms with Gasteiger partial charge in [0.05, 0.1) is 0 Å². The van der Waals surface area contributed by atoms with Crippen molar-refractivity contribution in [2.24, 2.45) is 11.7 Å². The van der Waals surface area contributed by atoms with E-state index in [1.165, 1.54) is 36.9 Å². The molecule has 0 amide bonds. The number of nitrogens with two attached hydrogens (primary N) is 1. The Labute approximate surface area is 117 Å². The molecule has 1 heterocycles. The first-order valence-electron chi connectivity index (χ1n) is 7.54. The monoisotopic (exact) mass is 261 g/mol. The maximum Gasteiger partial charge on any atom is 0.0448 e. The molecule has 3 heteroatoms. The molecule has 106 valence electrons. The summed E-state index contributed by atoms with van der Waals surface area (Å²) in [6, 6.07) is 2.90. The van der Waals surface area contributed by atoms with Gasteiger partial charge >= 0.3 is 0 Å². The molecule has 0 atom stereocenters. The smallest absolute Gasteiger partial charge is 0.0448 e. The van der Waals surface area contributed by atoms with Crippen LogP contribution in [0.1, 0.15) is 50.8 Å². The number of hydrogen-bond donors (Lipinski definition) is 1. The SMILES string of the molecule is Cc1cc(N(CC(C)C)C2CCCC2)c(CN)cn1. The standard InChI is InChI=1S/C16H27N3/c1-12(2)11-19(15-6-4-5-7-15)16-8-13(3)18-10-14(16)9-17/h8,10,12,15H,4-7,9,11,17H2,1-3H3. The summed E-state index contributed by atoms with van der Waals surface area (Å²) in [7, 11) is 0. The van der Waals surface area contributed by atoms with Gasteiger partial charge < -0.3 is 10.6 Å². The predicted octanol–water partition coefficient (Wildman–Crippen LogP) is 3.25. The van der Waals surface area contributed by atoms with E-state index in [2.05, 4.69) is 36.7 Å². The molecule has 19 heavy (non-hydrogen) atoms. The van der Waals surface area contributed by atoms with Crippen LogP contribution in [-0.2, 0) is 6.54 Å². The van der Waals surface area contributed by atoms with Crippen molar-refractivity contribution >= 4 is 5.69 Å². The van der Waals surface area contributed by atoms with Crippen LogP contribution in [0.2, 0.25) is 0 Å². The lowest BCUT2D eigenvalue weighted by Crippen LogP contribution is -2.37. The highest BCUT2D eigenvalue weighted by atomic mass is 15.2. The Bertz CT molecular complexity index is 408. The van der Waals surface area contributed by atoms with Gasteiger partial charge in [0, 0.05) is 42.3 Å². The van der Waals surface area contributed by atoms with Crippen molar-refractivity contribution < 1.29 is 0 Å². The molecule has 0 aromatic carbocycles. The van der Waals surface area contributed by atoms with Gasteiger partial charge in [-0.3, -0.25) is 4.98 Å². The number of nitrogens with zero attached hydrogens (tertiary/aromatic N) is 2. The lowest BCUT2D eigenvalue weighted by molar-refractivity contribution is 0.534. The lowest BCUT2D eigenvalue weighted by Gasteiger charge is -2.34. The van der Waals surface area contributed by atoms with Crippen LogP contribution in [0, 0.1) is 12.8 Å². The second-order valence-corrected chi connectivity index (χ2v) is 6.14. The van der Waals surface area contributed by atoms with Crippen LogP contribution >= 0.6 is 0 Å². The summed E-state index contributed by atoms with van der Waals surface area (Å²) < 4.78 is 0. The van der Waals surface area contributed by atoms with Gasteiger partial charge in [0.2, 0.25) is 0 Å². The van der Waals surface area contributed by atoms with E-state index in [-0.39, 0.29) is 0 Å². The summed E-state index contributed by atoms with van der Waals surface area (Å²) in [5.41, 5.74) is 9.48. The Kier molecular flexibility index (Phi) is 4.81. The maximum atomic E-state index is 5.90. The minimum Gasteiger partial charge on any atom is -0.368 e. The summed E-state index contributed by atoms with van der Waals surface area (Å²) in [5.74, 6) is 0.666. The molecule has 1 saturated carbocycles. The van der Waals surface area contributed by atoms with Crippen molar-refractivity contribution in [1.29, 1.82) is 0 Å². The van der Waals surface area contributed by atoms with Crippen LogP contribution in [0.25, 0.3) is 0 Å². The minimum absolute atomic E-state index is 0.573. The van der Waals surface area contributed by atoms with E-state index in [0.717, 1.165) is 12.2 Å². The molecule has 3 nitrogen and oxygen atoms in total. The second kappa shape index (κ2) is 6.38. The zero-order valence-corrected chi connectivity index (χ0v) is 12.5. The van der Waals surface area contributed by atoms with Crippen molar-refractivity contribution in [2.75, 3.05) is 11.4 Å². The Morgan fingerprint density at radius 2 is 2.05 bits per heavy atom. The molecule has 0 bridgehead atoms. The van der Waals surface area contributed by atoms with Crippen LogP contribution in [0.15, 0.2) is 12.3 Å². The molecule has 0 spiro atoms. The average molecular weight is 261 g/mol. The van der Waals surface area contributed by atoms with E-state index in [9.17, 15) is 0 Å². The summed E-state index contributed by atoms with van der Waals surface area (Å²) in [5, 5.41) is 0. The van der Waals surface area contributed by atoms with Crippen molar-refractivity contribution in [2.45, 2.75) is 59.0 Å². The van der Waals surface area contributed by atoms with Crippen molar-refractivity contribution in [3.63, 3.8) is 0 Å². The second-order valence-electron chi connectivity index (χ2n) is 6.14. The Morgan fingerprint density at radius 3 is 2.63 bits per heavy atom. The first-order valence-corrected chi connectivity index (χ1v) is 7.54. The van der Waals surface area contributed by atoms with E-state index < -0.39 is 0 Å². The Balaban J connectivity index is 2.32. The normalized spacial score (nSPS) is 16.3. The summed E-state index contributed by atoms with van der Waals surface area (Å²) in [6.07, 6.45) is 7.31. The lowest BCUT2D eigenvalue weighted by atomic mass is 10.1. The zero-order chi connectivity index (χ0) is 13.8. The number of aryl methyl sites for hydroxylation is 1. The van der Waals surface area contributed by atoms with Crippen molar-refractivity contribution in [3.8, 4) is 0 Å². The number of pyridine rings is 1. The fraction of sp³-hybridized carbons (Fsp3) is 0.688. The van der Waals surface area contributed by atoms with E-state index in [4.69, 9.17) is 5.73 Å². The van der Waals surface area contributed by atoms with Gasteiger partial charge in [-0.1, -0.05) is 26.7 Å². The molecule has 2 N–H and O–H groups in total. The van der Waals surface area contributed by atoms with Crippen LogP contribution in [0.4, 0.5) is 5.69 Å². The number of anilines is 1. The molecule has 1 aromatic rings. The number of rotatable bonds is 5. The molecule has 1 fully saturated rings. The Morgan fingerprint density at radius 1 is 1.37 bits per heavy atom. The third-order valence-electron chi connectivity index (χ3n) is 3.96. The molecule has 0 unspecified atom stereocenters. The zero-order valence-electron chi connectivity index (χ0n) is 12.5. The molecule has 1 aliphatic rings. The fourth-order valence-corrected chi connectivity index (χ4v) is 3.05. The quantitative estimate of drug-likeness (QED) is 0.884. The third kappa shape index (κ3) is 3.47. The third-order valence-corrected chi connectivity index (χ3v) is 3.96. The predicted molar refractivity (Wildman–Crippen MR) is 81.3 cm³/mol. The highest BCUT2D eigenvalue weighted by Crippen LogP contribution is 2.31. The molecule has 0 saturated heterocycles. The van der Waals surface area contributed by atoms with E-state index in [0.29, 0.717) is 18.5 Å². The number of aromatic nitrogens is 1. The summed E-state index contributed by atoms with van der Waals surface area (Å²) >= 11 is 0. The molecular formula is C16H27N3. The van der Waals surface area contributed by atoms with Gasteiger partial charge in [0.1, 0.15) is 0 Å². The van der Waals surface area contributed by atoms with Crippen LogP contribution in [-0.4, -0.2) is 17.6 Å². The van der Waals surface area contributed by atoms with Crippen molar-refractivity contribution in [1.82, 2.24) is 4.98 Å². The van der Waals surface area contributed by atoms with Crippen LogP contribution < -0.4 is 10.6 Å². The molecule has 0 radical (unpaired) electrons. The molecule has 0 aliphatic heterocycles. The first kappa shape index (κ1) is 14.3. The topological polar surface area (TPSA) is 42.1 Å². The van der Waals surface area contributed by atoms with E-state index >= 15 is 0 Å². The van der Waals surface area contributed by atoms with Gasteiger partial charge in [-0.15, -0.1) is 0 Å². The van der Waals surface area contributed by atoms with E-state index in [1.54, 1.807) is 0 Å². The largest absolute Gasteiger partial charge is 0.368 e. The van der Waals surface area contributed by atoms with Crippen molar-refractivity contribution in [3.05, 3.63) is 23.5 Å². The Hall–Kier alpha value is -1.09. The number of hydrogen-bond acceptors (Lipinski definition) is 3. The van der Waals surface area contributed by atoms with Gasteiger partial charge in [-0.2, -0.15) is 0 Å². The van der Waals surface area contributed by atoms with Gasteiger partial charge in [-0.05, 0) is 31.7 Å². The first-order chi connectivity index (χ1) is 9.11. The summed E-state index contributed by atoms with van der Waals surface area (Å²) in [6.45, 7) is 8.33. The van der Waals surface area contributed by atoms with Crippen LogP contribution in [0.5, 0.6) is 0 Å². The average Bonchev–Trinajstić information content (AvgIpc) is 2.89. The molecule has 1 aliphatic carbocycles. The highest BCUT2D eigenvalue weighted by Gasteiger charge is 2.25. The van der Waals surface area contributed by atoms with E-state index in [1.807, 2.05) is 6.20 Å². The molecule has 2 rings (SSSR count). The summed E-state index contributed by atoms with van der Waals surface area (Å²) in [4.78, 5) is 6.98. The van der Waals surface area contributed by atoms with Gasteiger partial charge in [0.15, 0.2) is 0 Å². The molecule has 1 aromatic heterocycles. The van der Waals surface area contributed by atoms with Gasteiger partial charge in [-0.25, -0.2) is 0 Å². The molecular weight excluding hydrogens is 234 g/mol. The van der Waals surface area contributed by atoms with Gasteiger partial charge in [0.25, 0.3) is 0 Å². The maximum absolute atomic E-state index is 5.90.